The minimum absolute atomic E-state index is 0.0121. The van der Waals surface area contributed by atoms with Crippen molar-refractivity contribution >= 4 is 46.2 Å². The fourth-order valence-electron chi connectivity index (χ4n) is 2.71. The number of carbonyl (C=O) groups is 2. The number of hydrogen-bond donors (Lipinski definition) is 1. The number of amides is 1. The number of nitrogens with zero attached hydrogens (tertiary/aromatic N) is 1. The van der Waals surface area contributed by atoms with Crippen molar-refractivity contribution in [3.63, 3.8) is 0 Å². The maximum atomic E-state index is 13.1. The summed E-state index contributed by atoms with van der Waals surface area (Å²) in [5, 5.41) is 2.41. The third-order valence-corrected chi connectivity index (χ3v) is 5.27. The molecule has 11 heteroatoms. The van der Waals surface area contributed by atoms with Gasteiger partial charge in [0.2, 0.25) is 0 Å². The lowest BCUT2D eigenvalue weighted by molar-refractivity contribution is -0.137. The lowest BCUT2D eigenvalue weighted by Crippen LogP contribution is -2.37. The van der Waals surface area contributed by atoms with Gasteiger partial charge in [0.15, 0.2) is 6.61 Å². The molecule has 0 spiro atoms. The number of rotatable bonds is 5. The SMILES string of the molecule is O=C(COC(=O)c1ccc(Cl)s1)Nc1cc(C(F)(F)F)ccc1N1CCOCC1. The molecule has 0 radical (unpaired) electrons. The Bertz CT molecular complexity index is 897. The van der Waals surface area contributed by atoms with Crippen molar-refractivity contribution in [3.8, 4) is 0 Å². The highest BCUT2D eigenvalue weighted by Gasteiger charge is 2.32. The van der Waals surface area contributed by atoms with E-state index in [1.54, 1.807) is 0 Å². The quantitative estimate of drug-likeness (QED) is 0.699. The van der Waals surface area contributed by atoms with Crippen molar-refractivity contribution in [2.75, 3.05) is 43.1 Å². The average molecular weight is 449 g/mol. The van der Waals surface area contributed by atoms with E-state index < -0.39 is 30.2 Å². The van der Waals surface area contributed by atoms with Gasteiger partial charge >= 0.3 is 12.1 Å². The van der Waals surface area contributed by atoms with Crippen LogP contribution in [0.15, 0.2) is 30.3 Å². The molecule has 2 aromatic rings. The number of thiophene rings is 1. The van der Waals surface area contributed by atoms with Gasteiger partial charge in [0.1, 0.15) is 4.88 Å². The van der Waals surface area contributed by atoms with Gasteiger partial charge in [-0.15, -0.1) is 11.3 Å². The molecule has 6 nitrogen and oxygen atoms in total. The summed E-state index contributed by atoms with van der Waals surface area (Å²) in [5.41, 5.74) is -0.469. The van der Waals surface area contributed by atoms with Gasteiger partial charge in [0, 0.05) is 13.1 Å². The second-order valence-corrected chi connectivity index (χ2v) is 7.77. The van der Waals surface area contributed by atoms with Crippen LogP contribution in [-0.4, -0.2) is 44.8 Å². The number of ether oxygens (including phenoxy) is 2. The van der Waals surface area contributed by atoms with Crippen LogP contribution in [0.1, 0.15) is 15.2 Å². The Morgan fingerprint density at radius 1 is 1.21 bits per heavy atom. The number of hydrogen-bond acceptors (Lipinski definition) is 6. The highest BCUT2D eigenvalue weighted by atomic mass is 35.5. The molecule has 0 bridgehead atoms. The molecule has 0 unspecified atom stereocenters. The van der Waals surface area contributed by atoms with E-state index in [1.807, 2.05) is 4.90 Å². The number of carbonyl (C=O) groups excluding carboxylic acids is 2. The molecule has 29 heavy (non-hydrogen) atoms. The van der Waals surface area contributed by atoms with Crippen molar-refractivity contribution in [2.24, 2.45) is 0 Å². The molecule has 0 atom stereocenters. The molecule has 156 valence electrons. The Morgan fingerprint density at radius 3 is 2.55 bits per heavy atom. The van der Waals surface area contributed by atoms with E-state index in [0.717, 1.165) is 23.5 Å². The second-order valence-electron chi connectivity index (χ2n) is 6.06. The van der Waals surface area contributed by atoms with Gasteiger partial charge < -0.3 is 19.7 Å². The minimum Gasteiger partial charge on any atom is -0.451 e. The lowest BCUT2D eigenvalue weighted by atomic mass is 10.1. The molecule has 2 heterocycles. The normalized spacial score (nSPS) is 14.6. The largest absolute Gasteiger partial charge is 0.451 e. The first-order valence-corrected chi connectivity index (χ1v) is 9.70. The number of alkyl halides is 3. The molecule has 1 fully saturated rings. The molecule has 1 N–H and O–H groups in total. The highest BCUT2D eigenvalue weighted by molar-refractivity contribution is 7.17. The number of morpholine rings is 1. The number of nitrogens with one attached hydrogen (secondary N) is 1. The average Bonchev–Trinajstić information content (AvgIpc) is 3.12. The van der Waals surface area contributed by atoms with Crippen molar-refractivity contribution < 1.29 is 32.2 Å². The van der Waals surface area contributed by atoms with E-state index in [1.165, 1.54) is 18.2 Å². The molecule has 0 saturated carbocycles. The third-order valence-electron chi connectivity index (χ3n) is 4.06. The van der Waals surface area contributed by atoms with E-state index in [9.17, 15) is 22.8 Å². The first kappa shape index (κ1) is 21.4. The van der Waals surface area contributed by atoms with Gasteiger partial charge in [-0.3, -0.25) is 4.79 Å². The van der Waals surface area contributed by atoms with Gasteiger partial charge in [-0.2, -0.15) is 13.2 Å². The van der Waals surface area contributed by atoms with Gasteiger partial charge in [0.25, 0.3) is 5.91 Å². The topological polar surface area (TPSA) is 67.9 Å². The van der Waals surface area contributed by atoms with E-state index in [-0.39, 0.29) is 10.6 Å². The van der Waals surface area contributed by atoms with Crippen molar-refractivity contribution in [2.45, 2.75) is 6.18 Å². The predicted molar refractivity (Wildman–Crippen MR) is 103 cm³/mol. The number of esters is 1. The van der Waals surface area contributed by atoms with Crippen LogP contribution in [0.25, 0.3) is 0 Å². The monoisotopic (exact) mass is 448 g/mol. The first-order valence-electron chi connectivity index (χ1n) is 8.50. The van der Waals surface area contributed by atoms with Crippen molar-refractivity contribution in [3.05, 3.63) is 45.1 Å². The molecular formula is C18H16ClF3N2O4S. The van der Waals surface area contributed by atoms with E-state index in [4.69, 9.17) is 21.1 Å². The minimum atomic E-state index is -4.56. The van der Waals surface area contributed by atoms with E-state index in [0.29, 0.717) is 36.3 Å². The van der Waals surface area contributed by atoms with Crippen LogP contribution in [0.5, 0.6) is 0 Å². The molecule has 0 aliphatic carbocycles. The van der Waals surface area contributed by atoms with Crippen molar-refractivity contribution in [1.82, 2.24) is 0 Å². The van der Waals surface area contributed by atoms with E-state index >= 15 is 0 Å². The zero-order valence-corrected chi connectivity index (χ0v) is 16.5. The molecule has 3 rings (SSSR count). The summed E-state index contributed by atoms with van der Waals surface area (Å²) in [6.45, 7) is 1.16. The lowest BCUT2D eigenvalue weighted by Gasteiger charge is -2.31. The summed E-state index contributed by atoms with van der Waals surface area (Å²) in [6, 6.07) is 6.10. The maximum Gasteiger partial charge on any atom is 0.416 e. The number of anilines is 2. The maximum absolute atomic E-state index is 13.1. The Balaban J connectivity index is 1.72. The summed E-state index contributed by atoms with van der Waals surface area (Å²) in [7, 11) is 0. The van der Waals surface area contributed by atoms with Gasteiger partial charge in [-0.1, -0.05) is 11.6 Å². The third kappa shape index (κ3) is 5.62. The standard InChI is InChI=1S/C18H16ClF3N2O4S/c19-15-4-3-14(29-15)17(26)28-10-16(25)23-12-9-11(18(20,21)22)1-2-13(12)24-5-7-27-8-6-24/h1-4,9H,5-8,10H2,(H,23,25). The van der Waals surface area contributed by atoms with Crippen LogP contribution in [0.2, 0.25) is 4.34 Å². The van der Waals surface area contributed by atoms with Gasteiger partial charge in [-0.25, -0.2) is 4.79 Å². The Labute approximate surface area is 173 Å². The molecular weight excluding hydrogens is 433 g/mol. The number of benzene rings is 1. The predicted octanol–water partition coefficient (Wildman–Crippen LogP) is 4.05. The molecule has 1 aromatic heterocycles. The van der Waals surface area contributed by atoms with E-state index in [2.05, 4.69) is 5.32 Å². The Kier molecular flexibility index (Phi) is 6.66. The molecule has 1 aromatic carbocycles. The molecule has 1 saturated heterocycles. The fourth-order valence-corrected chi connectivity index (χ4v) is 3.64. The van der Waals surface area contributed by atoms with Crippen LogP contribution in [0.4, 0.5) is 24.5 Å². The summed E-state index contributed by atoms with van der Waals surface area (Å²) in [5.74, 6) is -1.50. The summed E-state index contributed by atoms with van der Waals surface area (Å²) in [6.07, 6.45) is -4.56. The summed E-state index contributed by atoms with van der Waals surface area (Å²) >= 11 is 6.74. The van der Waals surface area contributed by atoms with Crippen LogP contribution in [-0.2, 0) is 20.4 Å². The second kappa shape index (κ2) is 9.02. The Morgan fingerprint density at radius 2 is 1.93 bits per heavy atom. The smallest absolute Gasteiger partial charge is 0.416 e. The van der Waals surface area contributed by atoms with Crippen LogP contribution in [0.3, 0.4) is 0 Å². The zero-order chi connectivity index (χ0) is 21.0. The highest BCUT2D eigenvalue weighted by Crippen LogP contribution is 2.35. The number of halogens is 4. The fraction of sp³-hybridized carbons (Fsp3) is 0.333. The van der Waals surface area contributed by atoms with Gasteiger partial charge in [-0.05, 0) is 30.3 Å². The van der Waals surface area contributed by atoms with Crippen molar-refractivity contribution in [1.29, 1.82) is 0 Å². The van der Waals surface area contributed by atoms with Crippen LogP contribution in [0, 0.1) is 0 Å². The van der Waals surface area contributed by atoms with Crippen LogP contribution < -0.4 is 10.2 Å². The Hall–Kier alpha value is -2.30. The first-order chi connectivity index (χ1) is 13.7. The molecule has 1 aliphatic heterocycles. The van der Waals surface area contributed by atoms with Crippen LogP contribution >= 0.6 is 22.9 Å². The molecule has 1 aliphatic rings. The van der Waals surface area contributed by atoms with Gasteiger partial charge in [0.05, 0.1) is 34.5 Å². The summed E-state index contributed by atoms with van der Waals surface area (Å²) in [4.78, 5) is 26.1. The summed E-state index contributed by atoms with van der Waals surface area (Å²) < 4.78 is 49.8. The zero-order valence-electron chi connectivity index (χ0n) is 14.9. The molecule has 1 amide bonds.